The van der Waals surface area contributed by atoms with Crippen molar-refractivity contribution in [3.8, 4) is 11.8 Å². The highest BCUT2D eigenvalue weighted by Gasteiger charge is 2.34. The van der Waals surface area contributed by atoms with Gasteiger partial charge in [-0.25, -0.2) is 0 Å². The molecule has 0 saturated carbocycles. The van der Waals surface area contributed by atoms with Crippen molar-refractivity contribution in [3.63, 3.8) is 0 Å². The number of rotatable bonds is 7. The molecule has 2 atom stereocenters. The van der Waals surface area contributed by atoms with Gasteiger partial charge in [0.25, 0.3) is 0 Å². The molecule has 150 valence electrons. The molecule has 0 saturated heterocycles. The first-order chi connectivity index (χ1) is 14.2. The number of unbranched alkanes of at least 4 members (excludes halogenated alkanes) is 2. The van der Waals surface area contributed by atoms with Gasteiger partial charge in [-0.3, -0.25) is 0 Å². The molecule has 0 radical (unpaired) electrons. The van der Waals surface area contributed by atoms with Gasteiger partial charge in [-0.15, -0.1) is 11.6 Å². The summed E-state index contributed by atoms with van der Waals surface area (Å²) in [7, 11) is 0. The Morgan fingerprint density at radius 1 is 0.931 bits per heavy atom. The number of alkyl halides is 1. The molecule has 29 heavy (non-hydrogen) atoms. The molecule has 1 heteroatoms. The molecule has 0 spiro atoms. The highest BCUT2D eigenvalue weighted by molar-refractivity contribution is 6.23. The first kappa shape index (κ1) is 21.5. The van der Waals surface area contributed by atoms with Gasteiger partial charge in [0, 0.05) is 5.56 Å². The lowest BCUT2D eigenvalue weighted by Gasteiger charge is -2.32. The maximum Gasteiger partial charge on any atom is 0.0726 e. The van der Waals surface area contributed by atoms with Gasteiger partial charge in [0.1, 0.15) is 0 Å². The fourth-order valence-corrected chi connectivity index (χ4v) is 4.18. The van der Waals surface area contributed by atoms with Crippen LogP contribution in [0.2, 0.25) is 0 Å². The van der Waals surface area contributed by atoms with Gasteiger partial charge in [-0.05, 0) is 41.7 Å². The molecule has 1 aliphatic rings. The summed E-state index contributed by atoms with van der Waals surface area (Å²) in [4.78, 5) is 0. The standard InChI is InChI=1S/C28H31Cl/c1-3-5-9-19-28(20-17-24-15-13-23(10-4-2)14-16-24)21-18-26(22-27(28)29)25-11-7-6-8-12-25/h6-8,11-16,18,21-22,27H,3-5,9-10,19H2,1-2H3. The molecule has 3 rings (SSSR count). The van der Waals surface area contributed by atoms with E-state index in [0.717, 1.165) is 24.8 Å². The van der Waals surface area contributed by atoms with Crippen LogP contribution in [0.25, 0.3) is 5.57 Å². The minimum atomic E-state index is -0.308. The van der Waals surface area contributed by atoms with Crippen molar-refractivity contribution >= 4 is 17.2 Å². The molecule has 0 nitrogen and oxygen atoms in total. The molecule has 2 aromatic rings. The molecule has 1 aliphatic carbocycles. The van der Waals surface area contributed by atoms with E-state index in [4.69, 9.17) is 11.6 Å². The number of halogens is 1. The van der Waals surface area contributed by atoms with Gasteiger partial charge in [0.05, 0.1) is 10.8 Å². The zero-order valence-corrected chi connectivity index (χ0v) is 18.4. The van der Waals surface area contributed by atoms with Crippen molar-refractivity contribution < 1.29 is 0 Å². The van der Waals surface area contributed by atoms with Crippen LogP contribution in [-0.4, -0.2) is 5.38 Å². The van der Waals surface area contributed by atoms with Crippen LogP contribution in [0.1, 0.15) is 62.6 Å². The average Bonchev–Trinajstić information content (AvgIpc) is 2.76. The highest BCUT2D eigenvalue weighted by atomic mass is 35.5. The van der Waals surface area contributed by atoms with Crippen molar-refractivity contribution in [2.24, 2.45) is 5.41 Å². The molecule has 0 N–H and O–H groups in total. The Labute approximate surface area is 181 Å². The Hall–Kier alpha value is -2.23. The largest absolute Gasteiger partial charge is 0.116 e. The summed E-state index contributed by atoms with van der Waals surface area (Å²) >= 11 is 6.97. The summed E-state index contributed by atoms with van der Waals surface area (Å²) in [5, 5.41) is -0.133. The third kappa shape index (κ3) is 5.65. The van der Waals surface area contributed by atoms with E-state index in [1.165, 1.54) is 36.0 Å². The van der Waals surface area contributed by atoms with E-state index in [9.17, 15) is 0 Å². The van der Waals surface area contributed by atoms with Crippen molar-refractivity contribution in [1.82, 2.24) is 0 Å². The van der Waals surface area contributed by atoms with Crippen LogP contribution in [0.15, 0.2) is 72.8 Å². The summed E-state index contributed by atoms with van der Waals surface area (Å²) in [5.74, 6) is 6.99. The van der Waals surface area contributed by atoms with Gasteiger partial charge >= 0.3 is 0 Å². The van der Waals surface area contributed by atoms with Crippen LogP contribution < -0.4 is 0 Å². The van der Waals surface area contributed by atoms with Crippen molar-refractivity contribution in [2.45, 2.75) is 57.7 Å². The Bertz CT molecular complexity index is 893. The van der Waals surface area contributed by atoms with Crippen LogP contribution in [0.4, 0.5) is 0 Å². The second kappa shape index (κ2) is 10.5. The summed E-state index contributed by atoms with van der Waals surface area (Å²) in [6.07, 6.45) is 13.5. The minimum Gasteiger partial charge on any atom is -0.116 e. The molecule has 0 heterocycles. The fraction of sp³-hybridized carbons (Fsp3) is 0.357. The average molecular weight is 403 g/mol. The smallest absolute Gasteiger partial charge is 0.0726 e. The predicted molar refractivity (Wildman–Crippen MR) is 127 cm³/mol. The Balaban J connectivity index is 1.86. The van der Waals surface area contributed by atoms with Gasteiger partial charge in [0.2, 0.25) is 0 Å². The van der Waals surface area contributed by atoms with Gasteiger partial charge in [-0.1, -0.05) is 112 Å². The first-order valence-corrected chi connectivity index (χ1v) is 11.3. The van der Waals surface area contributed by atoms with E-state index in [1.807, 2.05) is 6.07 Å². The monoisotopic (exact) mass is 402 g/mol. The molecule has 2 aromatic carbocycles. The molecular weight excluding hydrogens is 372 g/mol. The summed E-state index contributed by atoms with van der Waals surface area (Å²) < 4.78 is 0. The number of hydrogen-bond acceptors (Lipinski definition) is 0. The SMILES string of the molecule is CCCCCC1(C#Cc2ccc(CCC)cc2)C=CC(c2ccccc2)=CC1Cl. The third-order valence-electron chi connectivity index (χ3n) is 5.61. The molecule has 0 bridgehead atoms. The lowest BCUT2D eigenvalue weighted by atomic mass is 9.75. The Morgan fingerprint density at radius 2 is 1.69 bits per heavy atom. The number of allylic oxidation sites excluding steroid dienone is 4. The zero-order chi connectivity index (χ0) is 20.5. The van der Waals surface area contributed by atoms with E-state index in [1.54, 1.807) is 0 Å². The lowest BCUT2D eigenvalue weighted by Crippen LogP contribution is -2.29. The first-order valence-electron chi connectivity index (χ1n) is 10.9. The van der Waals surface area contributed by atoms with E-state index in [2.05, 4.69) is 92.4 Å². The summed E-state index contributed by atoms with van der Waals surface area (Å²) in [6.45, 7) is 4.44. The molecule has 0 fully saturated rings. The summed E-state index contributed by atoms with van der Waals surface area (Å²) in [5.41, 5.74) is 4.52. The second-order valence-corrected chi connectivity index (χ2v) is 8.39. The van der Waals surface area contributed by atoms with Crippen molar-refractivity contribution in [2.75, 3.05) is 0 Å². The molecular formula is C28H31Cl. The van der Waals surface area contributed by atoms with E-state index < -0.39 is 0 Å². The topological polar surface area (TPSA) is 0 Å². The van der Waals surface area contributed by atoms with Crippen LogP contribution in [0.3, 0.4) is 0 Å². The fourth-order valence-electron chi connectivity index (χ4n) is 3.81. The minimum absolute atomic E-state index is 0.133. The predicted octanol–water partition coefficient (Wildman–Crippen LogP) is 7.82. The van der Waals surface area contributed by atoms with Gasteiger partial charge in [0.15, 0.2) is 0 Å². The Kier molecular flexibility index (Phi) is 7.79. The number of hydrogen-bond donors (Lipinski definition) is 0. The second-order valence-electron chi connectivity index (χ2n) is 7.92. The van der Waals surface area contributed by atoms with E-state index >= 15 is 0 Å². The van der Waals surface area contributed by atoms with Gasteiger partial charge in [-0.2, -0.15) is 0 Å². The normalized spacial score (nSPS) is 20.7. The number of aryl methyl sites for hydroxylation is 1. The molecule has 0 aliphatic heterocycles. The maximum atomic E-state index is 6.97. The third-order valence-corrected chi connectivity index (χ3v) is 6.13. The van der Waals surface area contributed by atoms with Crippen LogP contribution in [-0.2, 0) is 6.42 Å². The van der Waals surface area contributed by atoms with Gasteiger partial charge < -0.3 is 0 Å². The van der Waals surface area contributed by atoms with Crippen molar-refractivity contribution in [1.29, 1.82) is 0 Å². The molecule has 2 unspecified atom stereocenters. The lowest BCUT2D eigenvalue weighted by molar-refractivity contribution is 0.449. The van der Waals surface area contributed by atoms with Crippen LogP contribution in [0, 0.1) is 17.3 Å². The maximum absolute atomic E-state index is 6.97. The summed E-state index contributed by atoms with van der Waals surface area (Å²) in [6, 6.07) is 19.1. The highest BCUT2D eigenvalue weighted by Crippen LogP contribution is 2.40. The molecule has 0 amide bonds. The molecule has 0 aromatic heterocycles. The number of benzene rings is 2. The van der Waals surface area contributed by atoms with E-state index in [0.29, 0.717) is 0 Å². The van der Waals surface area contributed by atoms with Crippen LogP contribution in [0.5, 0.6) is 0 Å². The van der Waals surface area contributed by atoms with Crippen LogP contribution >= 0.6 is 11.6 Å². The Morgan fingerprint density at radius 3 is 2.34 bits per heavy atom. The zero-order valence-electron chi connectivity index (χ0n) is 17.6. The van der Waals surface area contributed by atoms with E-state index in [-0.39, 0.29) is 10.8 Å². The van der Waals surface area contributed by atoms with Crippen molar-refractivity contribution in [3.05, 3.63) is 89.5 Å². The quantitative estimate of drug-likeness (QED) is 0.251.